The Bertz CT molecular complexity index is 1200. The largest absolute Gasteiger partial charge is 0.495 e. The molecular formula is C23H28N4O4S. The molecule has 3 aromatic rings. The van der Waals surface area contributed by atoms with Crippen LogP contribution in [0, 0.1) is 0 Å². The molecule has 4 rings (SSSR count). The fraction of sp³-hybridized carbons (Fsp3) is 0.391. The van der Waals surface area contributed by atoms with Gasteiger partial charge in [0.25, 0.3) is 5.91 Å². The SMILES string of the molecule is COc1ccc(C(=O)N2CCC[C@H](c3nc4ccccc4[nH]3)C2)cc1S(=O)(=O)NC(C)C. The fourth-order valence-electron chi connectivity index (χ4n) is 4.13. The summed E-state index contributed by atoms with van der Waals surface area (Å²) in [5.41, 5.74) is 2.21. The van der Waals surface area contributed by atoms with Crippen LogP contribution < -0.4 is 9.46 Å². The quantitative estimate of drug-likeness (QED) is 0.592. The number of hydrogen-bond donors (Lipinski definition) is 2. The van der Waals surface area contributed by atoms with Gasteiger partial charge in [-0.3, -0.25) is 4.79 Å². The molecule has 170 valence electrons. The molecular weight excluding hydrogens is 428 g/mol. The highest BCUT2D eigenvalue weighted by atomic mass is 32.2. The zero-order valence-electron chi connectivity index (χ0n) is 18.5. The number of piperidine rings is 1. The maximum absolute atomic E-state index is 13.3. The van der Waals surface area contributed by atoms with E-state index < -0.39 is 10.0 Å². The minimum atomic E-state index is -3.82. The number of carbonyl (C=O) groups excluding carboxylic acids is 1. The number of aromatic amines is 1. The van der Waals surface area contributed by atoms with Crippen molar-refractivity contribution in [2.45, 2.75) is 43.5 Å². The highest BCUT2D eigenvalue weighted by Crippen LogP contribution is 2.29. The number of para-hydroxylation sites is 2. The van der Waals surface area contributed by atoms with Gasteiger partial charge in [0.05, 0.1) is 18.1 Å². The Hall–Kier alpha value is -2.91. The first-order valence-corrected chi connectivity index (χ1v) is 12.2. The number of ether oxygens (including phenoxy) is 1. The van der Waals surface area contributed by atoms with E-state index in [0.29, 0.717) is 18.7 Å². The summed E-state index contributed by atoms with van der Waals surface area (Å²) in [4.78, 5) is 23.1. The highest BCUT2D eigenvalue weighted by Gasteiger charge is 2.29. The van der Waals surface area contributed by atoms with Crippen LogP contribution in [-0.2, 0) is 10.0 Å². The first-order valence-electron chi connectivity index (χ1n) is 10.7. The van der Waals surface area contributed by atoms with Crippen molar-refractivity contribution in [3.63, 3.8) is 0 Å². The van der Waals surface area contributed by atoms with Crippen LogP contribution in [0.15, 0.2) is 47.4 Å². The Balaban J connectivity index is 1.59. The van der Waals surface area contributed by atoms with E-state index in [9.17, 15) is 13.2 Å². The average Bonchev–Trinajstić information content (AvgIpc) is 3.22. The fourth-order valence-corrected chi connectivity index (χ4v) is 5.57. The first-order chi connectivity index (χ1) is 15.3. The number of sulfonamides is 1. The van der Waals surface area contributed by atoms with Crippen molar-refractivity contribution in [2.75, 3.05) is 20.2 Å². The number of nitrogens with zero attached hydrogens (tertiary/aromatic N) is 2. The van der Waals surface area contributed by atoms with Crippen molar-refractivity contribution in [3.8, 4) is 5.75 Å². The number of fused-ring (bicyclic) bond motifs is 1. The van der Waals surface area contributed by atoms with Crippen LogP contribution in [0.5, 0.6) is 5.75 Å². The molecule has 0 spiro atoms. The molecule has 2 heterocycles. The summed E-state index contributed by atoms with van der Waals surface area (Å²) in [6.07, 6.45) is 1.79. The maximum Gasteiger partial charge on any atom is 0.253 e. The van der Waals surface area contributed by atoms with Gasteiger partial charge < -0.3 is 14.6 Å². The highest BCUT2D eigenvalue weighted by molar-refractivity contribution is 7.89. The lowest BCUT2D eigenvalue weighted by molar-refractivity contribution is 0.0704. The summed E-state index contributed by atoms with van der Waals surface area (Å²) >= 11 is 0. The number of aromatic nitrogens is 2. The van der Waals surface area contributed by atoms with E-state index in [1.165, 1.54) is 19.2 Å². The van der Waals surface area contributed by atoms with E-state index in [4.69, 9.17) is 9.72 Å². The molecule has 1 aliphatic heterocycles. The van der Waals surface area contributed by atoms with Gasteiger partial charge in [-0.1, -0.05) is 12.1 Å². The molecule has 1 aromatic heterocycles. The molecule has 1 atom stereocenters. The summed E-state index contributed by atoms with van der Waals surface area (Å²) < 4.78 is 33.3. The molecule has 0 aliphatic carbocycles. The Morgan fingerprint density at radius 2 is 2.03 bits per heavy atom. The second-order valence-electron chi connectivity index (χ2n) is 8.37. The standard InChI is InChI=1S/C23H28N4O4S/c1-15(2)26-32(29,30)21-13-16(10-11-20(21)31-3)23(28)27-12-6-7-17(14-27)22-24-18-8-4-5-9-19(18)25-22/h4-5,8-11,13,15,17,26H,6-7,12,14H2,1-3H3,(H,24,25)/t17-/m0/s1. The molecule has 9 heteroatoms. The zero-order valence-corrected chi connectivity index (χ0v) is 19.3. The number of amides is 1. The van der Waals surface area contributed by atoms with E-state index in [1.807, 2.05) is 24.3 Å². The van der Waals surface area contributed by atoms with E-state index in [2.05, 4.69) is 9.71 Å². The van der Waals surface area contributed by atoms with Gasteiger partial charge in [-0.25, -0.2) is 18.1 Å². The number of methoxy groups -OCH3 is 1. The molecule has 1 aliphatic rings. The summed E-state index contributed by atoms with van der Waals surface area (Å²) in [6.45, 7) is 4.63. The van der Waals surface area contributed by atoms with Gasteiger partial charge in [-0.2, -0.15) is 0 Å². The maximum atomic E-state index is 13.3. The van der Waals surface area contributed by atoms with Crippen molar-refractivity contribution in [1.82, 2.24) is 19.6 Å². The zero-order chi connectivity index (χ0) is 22.9. The number of nitrogens with one attached hydrogen (secondary N) is 2. The molecule has 32 heavy (non-hydrogen) atoms. The Kier molecular flexibility index (Phi) is 6.21. The molecule has 1 saturated heterocycles. The monoisotopic (exact) mass is 456 g/mol. The molecule has 1 amide bonds. The molecule has 0 saturated carbocycles. The Labute approximate surface area is 188 Å². The third-order valence-corrected chi connectivity index (χ3v) is 7.27. The van der Waals surface area contributed by atoms with Crippen molar-refractivity contribution in [1.29, 1.82) is 0 Å². The lowest BCUT2D eigenvalue weighted by Gasteiger charge is -2.32. The molecule has 8 nitrogen and oxygen atoms in total. The first kappa shape index (κ1) is 22.3. The number of benzene rings is 2. The predicted molar refractivity (Wildman–Crippen MR) is 122 cm³/mol. The van der Waals surface area contributed by atoms with E-state index in [-0.39, 0.29) is 28.5 Å². The van der Waals surface area contributed by atoms with Crippen molar-refractivity contribution in [3.05, 3.63) is 53.9 Å². The molecule has 0 unspecified atom stereocenters. The van der Waals surface area contributed by atoms with Crippen LogP contribution in [0.1, 0.15) is 48.8 Å². The summed E-state index contributed by atoms with van der Waals surface area (Å²) in [7, 11) is -2.41. The van der Waals surface area contributed by atoms with E-state index >= 15 is 0 Å². The molecule has 0 radical (unpaired) electrons. The van der Waals surface area contributed by atoms with Gasteiger partial charge >= 0.3 is 0 Å². The third kappa shape index (κ3) is 4.49. The second kappa shape index (κ2) is 8.91. The lowest BCUT2D eigenvalue weighted by atomic mass is 9.96. The van der Waals surface area contributed by atoms with Gasteiger partial charge in [-0.05, 0) is 57.0 Å². The van der Waals surface area contributed by atoms with Crippen molar-refractivity contribution >= 4 is 27.0 Å². The van der Waals surface area contributed by atoms with Crippen LogP contribution in [0.3, 0.4) is 0 Å². The average molecular weight is 457 g/mol. The predicted octanol–water partition coefficient (Wildman–Crippen LogP) is 3.28. The smallest absolute Gasteiger partial charge is 0.253 e. The minimum absolute atomic E-state index is 0.0367. The Morgan fingerprint density at radius 1 is 1.25 bits per heavy atom. The molecule has 2 aromatic carbocycles. The van der Waals surface area contributed by atoms with Gasteiger partial charge in [0.1, 0.15) is 16.5 Å². The number of carbonyl (C=O) groups is 1. The van der Waals surface area contributed by atoms with Crippen LogP contribution >= 0.6 is 0 Å². The van der Waals surface area contributed by atoms with E-state index in [1.54, 1.807) is 24.8 Å². The van der Waals surface area contributed by atoms with Crippen molar-refractivity contribution in [2.24, 2.45) is 0 Å². The van der Waals surface area contributed by atoms with Crippen LogP contribution in [-0.4, -0.2) is 55.4 Å². The van der Waals surface area contributed by atoms with E-state index in [0.717, 1.165) is 29.7 Å². The topological polar surface area (TPSA) is 104 Å². The number of likely N-dealkylation sites (tertiary alicyclic amines) is 1. The number of hydrogen-bond acceptors (Lipinski definition) is 5. The normalized spacial score (nSPS) is 17.1. The molecule has 1 fully saturated rings. The van der Waals surface area contributed by atoms with Crippen LogP contribution in [0.25, 0.3) is 11.0 Å². The van der Waals surface area contributed by atoms with Gasteiger partial charge in [0.2, 0.25) is 10.0 Å². The lowest BCUT2D eigenvalue weighted by Crippen LogP contribution is -2.39. The summed E-state index contributed by atoms with van der Waals surface area (Å²) in [6, 6.07) is 12.1. The van der Waals surface area contributed by atoms with Gasteiger partial charge in [-0.15, -0.1) is 0 Å². The third-order valence-electron chi connectivity index (χ3n) is 5.59. The second-order valence-corrected chi connectivity index (χ2v) is 10.1. The Morgan fingerprint density at radius 3 is 2.75 bits per heavy atom. The molecule has 0 bridgehead atoms. The molecule has 2 N–H and O–H groups in total. The summed E-state index contributed by atoms with van der Waals surface area (Å²) in [5, 5.41) is 0. The van der Waals surface area contributed by atoms with Crippen LogP contribution in [0.2, 0.25) is 0 Å². The summed E-state index contributed by atoms with van der Waals surface area (Å²) in [5.74, 6) is 0.981. The van der Waals surface area contributed by atoms with Gasteiger partial charge in [0, 0.05) is 30.6 Å². The number of rotatable bonds is 6. The van der Waals surface area contributed by atoms with Crippen molar-refractivity contribution < 1.29 is 17.9 Å². The number of imidazole rings is 1. The number of H-pyrrole nitrogens is 1. The van der Waals surface area contributed by atoms with Gasteiger partial charge in [0.15, 0.2) is 0 Å². The van der Waals surface area contributed by atoms with Crippen LogP contribution in [0.4, 0.5) is 0 Å². The minimum Gasteiger partial charge on any atom is -0.495 e.